The van der Waals surface area contributed by atoms with Crippen molar-refractivity contribution in [1.82, 2.24) is 0 Å². The first-order chi connectivity index (χ1) is 29.1. The van der Waals surface area contributed by atoms with Crippen LogP contribution in [0.25, 0.3) is 0 Å². The van der Waals surface area contributed by atoms with Gasteiger partial charge in [-0.1, -0.05) is 253 Å². The molecular weight excluding hydrogens is 745 g/mol. The van der Waals surface area contributed by atoms with Gasteiger partial charge in [0.05, 0.1) is 0 Å². The second kappa shape index (κ2) is 45.4. The van der Waals surface area contributed by atoms with Crippen LogP contribution < -0.4 is 0 Å². The summed E-state index contributed by atoms with van der Waals surface area (Å²) in [5.41, 5.74) is 0. The van der Waals surface area contributed by atoms with E-state index in [1.807, 2.05) is 0 Å². The first kappa shape index (κ1) is 58.4. The normalized spacial score (nSPS) is 12.2. The van der Waals surface area contributed by atoms with Gasteiger partial charge in [-0.05, 0) is 37.0 Å². The molecule has 0 aliphatic heterocycles. The fraction of sp³-hybridized carbons (Fsp3) is 0.944. The van der Waals surface area contributed by atoms with Crippen LogP contribution in [0.2, 0.25) is 0 Å². The zero-order chi connectivity index (χ0) is 44.2. The van der Waals surface area contributed by atoms with E-state index >= 15 is 0 Å². The van der Waals surface area contributed by atoms with Crippen LogP contribution in [-0.4, -0.2) is 37.2 Å². The van der Waals surface area contributed by atoms with E-state index in [-0.39, 0.29) is 31.1 Å². The van der Waals surface area contributed by atoms with Crippen molar-refractivity contribution < 1.29 is 28.6 Å². The van der Waals surface area contributed by atoms with E-state index in [9.17, 15) is 14.4 Å². The summed E-state index contributed by atoms with van der Waals surface area (Å²) < 4.78 is 16.8. The summed E-state index contributed by atoms with van der Waals surface area (Å²) in [4.78, 5) is 38.0. The molecule has 1 atom stereocenters. The molecule has 60 heavy (non-hydrogen) atoms. The highest BCUT2D eigenvalue weighted by molar-refractivity contribution is 5.71. The third kappa shape index (κ3) is 47.5. The number of hydrogen-bond acceptors (Lipinski definition) is 6. The van der Waals surface area contributed by atoms with Crippen LogP contribution in [0.1, 0.15) is 292 Å². The highest BCUT2D eigenvalue weighted by Crippen LogP contribution is 2.18. The number of esters is 3. The van der Waals surface area contributed by atoms with Crippen molar-refractivity contribution in [3.8, 4) is 0 Å². The van der Waals surface area contributed by atoms with Gasteiger partial charge in [-0.2, -0.15) is 0 Å². The lowest BCUT2D eigenvalue weighted by atomic mass is 10.0. The Morgan fingerprint density at radius 3 is 0.717 bits per heavy atom. The summed E-state index contributed by atoms with van der Waals surface area (Å²) in [7, 11) is 0. The van der Waals surface area contributed by atoms with E-state index in [1.54, 1.807) is 0 Å². The van der Waals surface area contributed by atoms with Crippen LogP contribution in [0.5, 0.6) is 0 Å². The molecule has 0 amide bonds. The number of carbonyl (C=O) groups excluding carboxylic acids is 3. The molecule has 0 aromatic carbocycles. The van der Waals surface area contributed by atoms with Gasteiger partial charge in [0, 0.05) is 19.3 Å². The molecule has 356 valence electrons. The molecule has 0 aromatic heterocycles. The monoisotopic (exact) mass is 849 g/mol. The van der Waals surface area contributed by atoms with Gasteiger partial charge < -0.3 is 14.2 Å². The Morgan fingerprint density at radius 1 is 0.283 bits per heavy atom. The van der Waals surface area contributed by atoms with Gasteiger partial charge in [-0.3, -0.25) is 14.4 Å². The third-order valence-corrected chi connectivity index (χ3v) is 12.1. The standard InChI is InChI=1S/C54H104O6/c1-48(2)40-34-28-22-16-10-7-8-12-19-25-31-37-43-52(55)58-46-51(47-59-53(56)44-38-32-26-20-15-14-18-24-30-36-42-50(5)6)60-54(57)45-39-33-27-21-13-9-11-17-23-29-35-41-49(3)4/h48-51H,7-47H2,1-6H3/t51-/m0/s1. The van der Waals surface area contributed by atoms with Crippen LogP contribution in [0.15, 0.2) is 0 Å². The first-order valence-electron chi connectivity index (χ1n) is 26.6. The minimum atomic E-state index is -0.763. The van der Waals surface area contributed by atoms with Crippen molar-refractivity contribution in [3.05, 3.63) is 0 Å². The second-order valence-electron chi connectivity index (χ2n) is 19.9. The summed E-state index contributed by atoms with van der Waals surface area (Å²) in [5, 5.41) is 0. The van der Waals surface area contributed by atoms with Gasteiger partial charge >= 0.3 is 17.9 Å². The maximum Gasteiger partial charge on any atom is 0.306 e. The van der Waals surface area contributed by atoms with Gasteiger partial charge in [0.25, 0.3) is 0 Å². The van der Waals surface area contributed by atoms with Crippen molar-refractivity contribution in [2.24, 2.45) is 17.8 Å². The average molecular weight is 849 g/mol. The summed E-state index contributed by atoms with van der Waals surface area (Å²) in [6.07, 6.45) is 45.2. The summed E-state index contributed by atoms with van der Waals surface area (Å²) in [6, 6.07) is 0. The second-order valence-corrected chi connectivity index (χ2v) is 19.9. The van der Waals surface area contributed by atoms with Crippen molar-refractivity contribution in [2.75, 3.05) is 13.2 Å². The number of unbranched alkanes of at least 4 members (excludes halogenated alkanes) is 30. The summed E-state index contributed by atoms with van der Waals surface area (Å²) >= 11 is 0. The lowest BCUT2D eigenvalue weighted by molar-refractivity contribution is -0.167. The highest BCUT2D eigenvalue weighted by Gasteiger charge is 2.19. The minimum absolute atomic E-state index is 0.0645. The van der Waals surface area contributed by atoms with Crippen molar-refractivity contribution in [3.63, 3.8) is 0 Å². The topological polar surface area (TPSA) is 78.9 Å². The molecule has 0 aliphatic rings. The van der Waals surface area contributed by atoms with Crippen LogP contribution >= 0.6 is 0 Å². The van der Waals surface area contributed by atoms with Crippen molar-refractivity contribution in [2.45, 2.75) is 298 Å². The molecule has 6 nitrogen and oxygen atoms in total. The molecule has 0 bridgehead atoms. The SMILES string of the molecule is CC(C)CCCCCCCCCCCCCCC(=O)OC[C@@H](COC(=O)CCCCCCCCCCCCC(C)C)OC(=O)CCCCCCCCCCCCCC(C)C. The maximum atomic E-state index is 12.8. The predicted molar refractivity (Wildman–Crippen MR) is 256 cm³/mol. The lowest BCUT2D eigenvalue weighted by Gasteiger charge is -2.18. The van der Waals surface area contributed by atoms with Crippen LogP contribution in [0.4, 0.5) is 0 Å². The van der Waals surface area contributed by atoms with E-state index in [2.05, 4.69) is 41.5 Å². The summed E-state index contributed by atoms with van der Waals surface area (Å²) in [5.74, 6) is 1.63. The van der Waals surface area contributed by atoms with Crippen molar-refractivity contribution in [1.29, 1.82) is 0 Å². The first-order valence-corrected chi connectivity index (χ1v) is 26.6. The molecule has 0 fully saturated rings. The Labute approximate surface area is 374 Å². The number of rotatable bonds is 47. The Morgan fingerprint density at radius 2 is 0.483 bits per heavy atom. The zero-order valence-corrected chi connectivity index (χ0v) is 41.3. The van der Waals surface area contributed by atoms with E-state index in [0.717, 1.165) is 75.5 Å². The maximum absolute atomic E-state index is 12.8. The van der Waals surface area contributed by atoms with Gasteiger partial charge in [0.1, 0.15) is 13.2 Å². The Balaban J connectivity index is 4.32. The molecule has 0 rings (SSSR count). The molecule has 0 saturated carbocycles. The van der Waals surface area contributed by atoms with Gasteiger partial charge in [-0.25, -0.2) is 0 Å². The molecule has 0 unspecified atom stereocenters. The molecule has 0 saturated heterocycles. The molecule has 0 N–H and O–H groups in total. The van der Waals surface area contributed by atoms with Crippen molar-refractivity contribution >= 4 is 17.9 Å². The number of ether oxygens (including phenoxy) is 3. The largest absolute Gasteiger partial charge is 0.462 e. The van der Waals surface area contributed by atoms with Gasteiger partial charge in [0.15, 0.2) is 6.10 Å². The number of carbonyl (C=O) groups is 3. The summed E-state index contributed by atoms with van der Waals surface area (Å²) in [6.45, 7) is 13.7. The van der Waals surface area contributed by atoms with E-state index < -0.39 is 6.10 Å². The minimum Gasteiger partial charge on any atom is -0.462 e. The lowest BCUT2D eigenvalue weighted by Crippen LogP contribution is -2.30. The molecule has 0 spiro atoms. The fourth-order valence-corrected chi connectivity index (χ4v) is 8.12. The quantitative estimate of drug-likeness (QED) is 0.0345. The molecule has 0 aliphatic carbocycles. The zero-order valence-electron chi connectivity index (χ0n) is 41.3. The van der Waals surface area contributed by atoms with Crippen LogP contribution in [-0.2, 0) is 28.6 Å². The van der Waals surface area contributed by atoms with Gasteiger partial charge in [0.2, 0.25) is 0 Å². The van der Waals surface area contributed by atoms with Gasteiger partial charge in [-0.15, -0.1) is 0 Å². The Kier molecular flexibility index (Phi) is 44.2. The predicted octanol–water partition coefficient (Wildman–Crippen LogP) is 17.2. The molecule has 0 radical (unpaired) electrons. The Hall–Kier alpha value is -1.59. The molecule has 0 aromatic rings. The number of hydrogen-bond donors (Lipinski definition) is 0. The van der Waals surface area contributed by atoms with Crippen LogP contribution in [0.3, 0.4) is 0 Å². The Bertz CT molecular complexity index is 929. The van der Waals surface area contributed by atoms with E-state index in [4.69, 9.17) is 14.2 Å². The molecule has 6 heteroatoms. The smallest absolute Gasteiger partial charge is 0.306 e. The highest BCUT2D eigenvalue weighted by atomic mass is 16.6. The van der Waals surface area contributed by atoms with E-state index in [1.165, 1.54) is 173 Å². The molecule has 0 heterocycles. The van der Waals surface area contributed by atoms with Crippen LogP contribution in [0, 0.1) is 17.8 Å². The molecular formula is C54H104O6. The average Bonchev–Trinajstić information content (AvgIpc) is 3.20. The van der Waals surface area contributed by atoms with E-state index in [0.29, 0.717) is 19.3 Å². The third-order valence-electron chi connectivity index (χ3n) is 12.1. The fourth-order valence-electron chi connectivity index (χ4n) is 8.12.